The Kier molecular flexibility index (Phi) is 11.2. The van der Waals surface area contributed by atoms with Gasteiger partial charge in [0.05, 0.1) is 25.9 Å². The first-order chi connectivity index (χ1) is 19.9. The van der Waals surface area contributed by atoms with Crippen molar-refractivity contribution in [2.24, 2.45) is 5.92 Å². The lowest BCUT2D eigenvalue weighted by molar-refractivity contribution is -0.268. The number of nitrogens with one attached hydrogen (secondary N) is 1. The summed E-state index contributed by atoms with van der Waals surface area (Å²) in [5.74, 6) is 0.519. The molecular weight excluding hydrogens is 542 g/mol. The fourth-order valence-corrected chi connectivity index (χ4v) is 5.90. The summed E-state index contributed by atoms with van der Waals surface area (Å²) in [6.07, 6.45) is -0.439. The molecule has 0 bridgehead atoms. The van der Waals surface area contributed by atoms with Crippen LogP contribution in [0, 0.1) is 5.92 Å². The smallest absolute Gasteiger partial charge is 0.303 e. The maximum absolute atomic E-state index is 12.0. The number of aliphatic hydroxyl groups is 1. The number of rotatable bonds is 13. The molecule has 1 aliphatic heterocycles. The Hall–Kier alpha value is -3.37. The highest BCUT2D eigenvalue weighted by Crippen LogP contribution is 2.43. The van der Waals surface area contributed by atoms with Gasteiger partial charge >= 0.3 is 5.97 Å². The van der Waals surface area contributed by atoms with Crippen LogP contribution in [0.15, 0.2) is 77.7 Å². The number of carboxylic acids is 1. The van der Waals surface area contributed by atoms with Gasteiger partial charge in [0.1, 0.15) is 5.75 Å². The molecule has 3 N–H and O–H groups in total. The van der Waals surface area contributed by atoms with Crippen LogP contribution in [-0.4, -0.2) is 41.1 Å². The maximum atomic E-state index is 12.0. The Morgan fingerprint density at radius 1 is 0.927 bits per heavy atom. The third-order valence-electron chi connectivity index (χ3n) is 7.13. The molecule has 1 aliphatic rings. The molecule has 1 saturated heterocycles. The van der Waals surface area contributed by atoms with Crippen LogP contribution in [0.5, 0.6) is 5.75 Å². The monoisotopic (exact) mass is 579 g/mol. The Morgan fingerprint density at radius 3 is 2.29 bits per heavy atom. The zero-order valence-electron chi connectivity index (χ0n) is 23.3. The number of amides is 1. The predicted molar refractivity (Wildman–Crippen MR) is 156 cm³/mol. The summed E-state index contributed by atoms with van der Waals surface area (Å²) in [7, 11) is 1.67. The van der Waals surface area contributed by atoms with E-state index < -0.39 is 12.3 Å². The summed E-state index contributed by atoms with van der Waals surface area (Å²) in [6.45, 7) is 2.48. The molecule has 4 atom stereocenters. The lowest BCUT2D eigenvalue weighted by Gasteiger charge is -2.41. The van der Waals surface area contributed by atoms with Crippen LogP contribution in [-0.2, 0) is 32.2 Å². The molecule has 4 rings (SSSR count). The Morgan fingerprint density at radius 2 is 1.61 bits per heavy atom. The average Bonchev–Trinajstić information content (AvgIpc) is 3.00. The molecule has 9 heteroatoms. The fraction of sp³-hybridized carbons (Fsp3) is 0.375. The molecule has 1 heterocycles. The predicted octanol–water partition coefficient (Wildman–Crippen LogP) is 5.64. The van der Waals surface area contributed by atoms with Crippen molar-refractivity contribution in [3.63, 3.8) is 0 Å². The first-order valence-corrected chi connectivity index (χ1v) is 14.7. The molecule has 0 spiro atoms. The van der Waals surface area contributed by atoms with Crippen LogP contribution >= 0.6 is 11.8 Å². The Bertz CT molecular complexity index is 1280. The van der Waals surface area contributed by atoms with Gasteiger partial charge in [0.2, 0.25) is 5.91 Å². The number of carbonyl (C=O) groups excluding carboxylic acids is 1. The van der Waals surface area contributed by atoms with E-state index in [1.165, 1.54) is 0 Å². The topological polar surface area (TPSA) is 114 Å². The van der Waals surface area contributed by atoms with Gasteiger partial charge in [-0.1, -0.05) is 67.6 Å². The molecule has 0 saturated carbocycles. The summed E-state index contributed by atoms with van der Waals surface area (Å²) in [5, 5.41) is 21.1. The molecule has 0 aliphatic carbocycles. The molecule has 8 nitrogen and oxygen atoms in total. The molecule has 0 aromatic heterocycles. The molecule has 41 heavy (non-hydrogen) atoms. The second-order valence-electron chi connectivity index (χ2n) is 10.0. The van der Waals surface area contributed by atoms with Gasteiger partial charge in [0.25, 0.3) is 0 Å². The third kappa shape index (κ3) is 8.56. The highest BCUT2D eigenvalue weighted by Gasteiger charge is 2.38. The summed E-state index contributed by atoms with van der Waals surface area (Å²) in [4.78, 5) is 23.7. The quantitative estimate of drug-likeness (QED) is 0.223. The van der Waals surface area contributed by atoms with Crippen molar-refractivity contribution in [1.29, 1.82) is 0 Å². The van der Waals surface area contributed by atoms with Crippen molar-refractivity contribution in [3.8, 4) is 5.75 Å². The van der Waals surface area contributed by atoms with Crippen LogP contribution in [0.1, 0.15) is 60.8 Å². The number of aliphatic carboxylic acids is 1. The average molecular weight is 580 g/mol. The van der Waals surface area contributed by atoms with Crippen LogP contribution < -0.4 is 10.1 Å². The van der Waals surface area contributed by atoms with E-state index in [-0.39, 0.29) is 43.5 Å². The number of carbonyl (C=O) groups is 2. The lowest BCUT2D eigenvalue weighted by Crippen LogP contribution is -2.38. The van der Waals surface area contributed by atoms with E-state index in [9.17, 15) is 14.7 Å². The normalized spacial score (nSPS) is 20.4. The SMILES string of the molecule is COc1ccccc1SC[C@@H]1O[C@H](c2ccc(CNC(=O)CCCC(=O)O)cc2)O[C@H](c2ccc(CO)cc2)[C@@H]1C. The van der Waals surface area contributed by atoms with Crippen LogP contribution in [0.25, 0.3) is 0 Å². The van der Waals surface area contributed by atoms with Gasteiger partial charge in [-0.3, -0.25) is 9.59 Å². The maximum Gasteiger partial charge on any atom is 0.303 e. The number of thioether (sulfide) groups is 1. The fourth-order valence-electron chi connectivity index (χ4n) is 4.70. The first kappa shape index (κ1) is 30.6. The number of carboxylic acid groups (broad SMARTS) is 1. The minimum atomic E-state index is -0.903. The van der Waals surface area contributed by atoms with E-state index in [1.54, 1.807) is 18.9 Å². The zero-order chi connectivity index (χ0) is 29.2. The van der Waals surface area contributed by atoms with Crippen molar-refractivity contribution in [2.45, 2.75) is 62.7 Å². The van der Waals surface area contributed by atoms with Crippen LogP contribution in [0.2, 0.25) is 0 Å². The molecule has 3 aromatic rings. The summed E-state index contributed by atoms with van der Waals surface area (Å²) in [6, 6.07) is 23.5. The molecule has 3 aromatic carbocycles. The number of hydrogen-bond donors (Lipinski definition) is 3. The van der Waals surface area contributed by atoms with E-state index in [0.29, 0.717) is 18.7 Å². The van der Waals surface area contributed by atoms with Gasteiger partial charge < -0.3 is 29.7 Å². The number of ether oxygens (including phenoxy) is 3. The molecule has 1 amide bonds. The third-order valence-corrected chi connectivity index (χ3v) is 8.28. The molecular formula is C32H37NO7S. The first-order valence-electron chi connectivity index (χ1n) is 13.7. The number of hydrogen-bond acceptors (Lipinski definition) is 7. The number of methoxy groups -OCH3 is 1. The van der Waals surface area contributed by atoms with Crippen molar-refractivity contribution in [1.82, 2.24) is 5.32 Å². The van der Waals surface area contributed by atoms with E-state index in [2.05, 4.69) is 12.2 Å². The lowest BCUT2D eigenvalue weighted by atomic mass is 9.91. The highest BCUT2D eigenvalue weighted by atomic mass is 32.2. The van der Waals surface area contributed by atoms with Gasteiger partial charge in [0.15, 0.2) is 6.29 Å². The summed E-state index contributed by atoms with van der Waals surface area (Å²) >= 11 is 1.69. The molecule has 0 radical (unpaired) electrons. The van der Waals surface area contributed by atoms with E-state index >= 15 is 0 Å². The summed E-state index contributed by atoms with van der Waals surface area (Å²) in [5.41, 5.74) is 3.66. The largest absolute Gasteiger partial charge is 0.496 e. The van der Waals surface area contributed by atoms with Crippen molar-refractivity contribution < 1.29 is 34.0 Å². The minimum absolute atomic E-state index is 0.0135. The van der Waals surface area contributed by atoms with Crippen molar-refractivity contribution in [3.05, 3.63) is 95.1 Å². The number of benzene rings is 3. The van der Waals surface area contributed by atoms with E-state index in [0.717, 1.165) is 32.9 Å². The van der Waals surface area contributed by atoms with Gasteiger partial charge in [-0.05, 0) is 35.2 Å². The number of para-hydroxylation sites is 1. The van der Waals surface area contributed by atoms with Gasteiger partial charge in [-0.2, -0.15) is 0 Å². The number of aliphatic hydroxyl groups excluding tert-OH is 1. The second-order valence-corrected chi connectivity index (χ2v) is 11.1. The van der Waals surface area contributed by atoms with Crippen LogP contribution in [0.4, 0.5) is 0 Å². The Balaban J connectivity index is 1.46. The van der Waals surface area contributed by atoms with Crippen molar-refractivity contribution in [2.75, 3.05) is 12.9 Å². The molecule has 1 fully saturated rings. The van der Waals surface area contributed by atoms with Gasteiger partial charge in [-0.15, -0.1) is 11.8 Å². The van der Waals surface area contributed by atoms with Crippen LogP contribution in [0.3, 0.4) is 0 Å². The van der Waals surface area contributed by atoms with E-state index in [4.69, 9.17) is 19.3 Å². The van der Waals surface area contributed by atoms with Gasteiger partial charge in [-0.25, -0.2) is 0 Å². The highest BCUT2D eigenvalue weighted by molar-refractivity contribution is 7.99. The standard InChI is InChI=1S/C32H37NO7S/c1-21-27(20-41-28-7-4-3-6-26(28)38-2)39-32(40-31(21)24-14-12-23(19-34)13-15-24)25-16-10-22(11-17-25)18-33-29(35)8-5-9-30(36)37/h3-4,6-7,10-17,21,27,31-32,34H,5,8-9,18-20H2,1-2H3,(H,33,35)(H,36,37)/t21-,27+,31+,32+/m1/s1. The molecule has 0 unspecified atom stereocenters. The summed E-state index contributed by atoms with van der Waals surface area (Å²) < 4.78 is 18.6. The second kappa shape index (κ2) is 15.0. The van der Waals surface area contributed by atoms with Crippen molar-refractivity contribution >= 4 is 23.6 Å². The minimum Gasteiger partial charge on any atom is -0.496 e. The van der Waals surface area contributed by atoms with E-state index in [1.807, 2.05) is 72.8 Å². The Labute approximate surface area is 245 Å². The molecule has 218 valence electrons. The van der Waals surface area contributed by atoms with Gasteiger partial charge in [0, 0.05) is 41.5 Å². The zero-order valence-corrected chi connectivity index (χ0v) is 24.1.